The maximum absolute atomic E-state index is 6.01. The van der Waals surface area contributed by atoms with Crippen LogP contribution in [0.25, 0.3) is 0 Å². The van der Waals surface area contributed by atoms with E-state index in [4.69, 9.17) is 4.74 Å². The van der Waals surface area contributed by atoms with Crippen molar-refractivity contribution in [1.82, 2.24) is 4.90 Å². The average Bonchev–Trinajstić information content (AvgIpc) is 2.98. The summed E-state index contributed by atoms with van der Waals surface area (Å²) in [7, 11) is 0. The summed E-state index contributed by atoms with van der Waals surface area (Å²) in [4.78, 5) is 2.66. The minimum atomic E-state index is -0.00701. The molecule has 2 aliphatic heterocycles. The van der Waals surface area contributed by atoms with Crippen LogP contribution in [-0.4, -0.2) is 43.3 Å². The first-order chi connectivity index (χ1) is 11.0. The van der Waals surface area contributed by atoms with Gasteiger partial charge in [-0.1, -0.05) is 17.7 Å². The summed E-state index contributed by atoms with van der Waals surface area (Å²) >= 11 is 0. The molecule has 128 valence electrons. The van der Waals surface area contributed by atoms with E-state index in [9.17, 15) is 0 Å². The zero-order valence-corrected chi connectivity index (χ0v) is 15.0. The Bertz CT molecular complexity index is 505. The number of hydrogen-bond donors (Lipinski definition) is 1. The first-order valence-corrected chi connectivity index (χ1v) is 9.13. The van der Waals surface area contributed by atoms with Gasteiger partial charge < -0.3 is 15.0 Å². The van der Waals surface area contributed by atoms with Gasteiger partial charge >= 0.3 is 0 Å². The fourth-order valence-electron chi connectivity index (χ4n) is 4.30. The standard InChI is InChI=1S/C20H32N2O/c1-17-6-8-18(9-7-17)21-15-20(16-22-11-4-5-12-22)10-13-23-19(2,3)14-20/h6-9,21H,4-5,10-16H2,1-3H3/t20-/m1/s1. The molecule has 0 radical (unpaired) electrons. The van der Waals surface area contributed by atoms with Crippen molar-refractivity contribution in [2.24, 2.45) is 5.41 Å². The normalized spacial score (nSPS) is 28.0. The second-order valence-electron chi connectivity index (χ2n) is 8.24. The van der Waals surface area contributed by atoms with Crippen molar-refractivity contribution < 1.29 is 4.74 Å². The van der Waals surface area contributed by atoms with Gasteiger partial charge in [0.1, 0.15) is 0 Å². The van der Waals surface area contributed by atoms with Crippen LogP contribution in [0.2, 0.25) is 0 Å². The predicted octanol–water partition coefficient (Wildman–Crippen LogP) is 4.08. The minimum Gasteiger partial charge on any atom is -0.384 e. The van der Waals surface area contributed by atoms with Crippen LogP contribution in [0.15, 0.2) is 24.3 Å². The molecule has 3 nitrogen and oxygen atoms in total. The molecule has 2 saturated heterocycles. The third-order valence-corrected chi connectivity index (χ3v) is 5.40. The second-order valence-corrected chi connectivity index (χ2v) is 8.24. The third kappa shape index (κ3) is 4.48. The summed E-state index contributed by atoms with van der Waals surface area (Å²) in [5, 5.41) is 3.71. The molecule has 1 aromatic carbocycles. The van der Waals surface area contributed by atoms with Crippen molar-refractivity contribution >= 4 is 5.69 Å². The SMILES string of the molecule is Cc1ccc(NC[C@@]2(CN3CCCC3)CCOC(C)(C)C2)cc1. The van der Waals surface area contributed by atoms with E-state index < -0.39 is 0 Å². The van der Waals surface area contributed by atoms with E-state index in [2.05, 4.69) is 55.3 Å². The van der Waals surface area contributed by atoms with Crippen LogP contribution < -0.4 is 5.32 Å². The molecule has 0 amide bonds. The van der Waals surface area contributed by atoms with E-state index in [1.165, 1.54) is 43.7 Å². The molecule has 1 atom stereocenters. The summed E-state index contributed by atoms with van der Waals surface area (Å²) < 4.78 is 6.01. The predicted molar refractivity (Wildman–Crippen MR) is 97.0 cm³/mol. The molecule has 0 aromatic heterocycles. The monoisotopic (exact) mass is 316 g/mol. The Kier molecular flexibility index (Phi) is 4.98. The van der Waals surface area contributed by atoms with Crippen LogP contribution in [0.4, 0.5) is 5.69 Å². The molecular formula is C20H32N2O. The van der Waals surface area contributed by atoms with Crippen molar-refractivity contribution in [3.05, 3.63) is 29.8 Å². The van der Waals surface area contributed by atoms with Crippen molar-refractivity contribution in [2.75, 3.05) is 38.1 Å². The molecule has 0 aliphatic carbocycles. The summed E-state index contributed by atoms with van der Waals surface area (Å²) in [6.45, 7) is 12.3. The molecule has 0 spiro atoms. The van der Waals surface area contributed by atoms with Gasteiger partial charge in [-0.05, 0) is 71.7 Å². The number of nitrogens with zero attached hydrogens (tertiary/aromatic N) is 1. The molecule has 0 unspecified atom stereocenters. The van der Waals surface area contributed by atoms with Crippen molar-refractivity contribution in [2.45, 2.75) is 52.1 Å². The van der Waals surface area contributed by atoms with Gasteiger partial charge in [0.05, 0.1) is 5.60 Å². The number of hydrogen-bond acceptors (Lipinski definition) is 3. The number of anilines is 1. The molecule has 1 N–H and O–H groups in total. The second kappa shape index (κ2) is 6.82. The van der Waals surface area contributed by atoms with Crippen molar-refractivity contribution in [3.8, 4) is 0 Å². The van der Waals surface area contributed by atoms with E-state index in [-0.39, 0.29) is 5.60 Å². The Morgan fingerprint density at radius 2 is 1.83 bits per heavy atom. The summed E-state index contributed by atoms with van der Waals surface area (Å²) in [6.07, 6.45) is 5.02. The fraction of sp³-hybridized carbons (Fsp3) is 0.700. The van der Waals surface area contributed by atoms with Crippen LogP contribution in [-0.2, 0) is 4.74 Å². The molecule has 23 heavy (non-hydrogen) atoms. The van der Waals surface area contributed by atoms with Gasteiger partial charge in [-0.15, -0.1) is 0 Å². The highest BCUT2D eigenvalue weighted by atomic mass is 16.5. The van der Waals surface area contributed by atoms with Crippen LogP contribution in [0.1, 0.15) is 45.1 Å². The van der Waals surface area contributed by atoms with Gasteiger partial charge in [0, 0.05) is 30.8 Å². The first kappa shape index (κ1) is 16.8. The van der Waals surface area contributed by atoms with Crippen molar-refractivity contribution in [3.63, 3.8) is 0 Å². The van der Waals surface area contributed by atoms with Crippen LogP contribution in [0, 0.1) is 12.3 Å². The highest BCUT2D eigenvalue weighted by Crippen LogP contribution is 2.40. The number of benzene rings is 1. The molecular weight excluding hydrogens is 284 g/mol. The lowest BCUT2D eigenvalue weighted by molar-refractivity contribution is -0.107. The molecule has 2 heterocycles. The Balaban J connectivity index is 1.70. The average molecular weight is 316 g/mol. The zero-order chi connectivity index (χ0) is 16.3. The molecule has 2 aliphatic rings. The molecule has 3 rings (SSSR count). The van der Waals surface area contributed by atoms with Gasteiger partial charge in [-0.25, -0.2) is 0 Å². The lowest BCUT2D eigenvalue weighted by Crippen LogP contribution is -2.50. The Morgan fingerprint density at radius 1 is 1.13 bits per heavy atom. The van der Waals surface area contributed by atoms with E-state index >= 15 is 0 Å². The van der Waals surface area contributed by atoms with Gasteiger partial charge in [-0.2, -0.15) is 0 Å². The lowest BCUT2D eigenvalue weighted by Gasteiger charge is -2.47. The topological polar surface area (TPSA) is 24.5 Å². The van der Waals surface area contributed by atoms with E-state index in [1.54, 1.807) is 0 Å². The summed E-state index contributed by atoms with van der Waals surface area (Å²) in [5.41, 5.74) is 2.86. The van der Waals surface area contributed by atoms with Gasteiger partial charge in [0.15, 0.2) is 0 Å². The summed E-state index contributed by atoms with van der Waals surface area (Å²) in [6, 6.07) is 8.76. The highest BCUT2D eigenvalue weighted by molar-refractivity contribution is 5.44. The third-order valence-electron chi connectivity index (χ3n) is 5.40. The molecule has 3 heteroatoms. The quantitative estimate of drug-likeness (QED) is 0.886. The smallest absolute Gasteiger partial charge is 0.0633 e. The van der Waals surface area contributed by atoms with Gasteiger partial charge in [-0.3, -0.25) is 0 Å². The summed E-state index contributed by atoms with van der Waals surface area (Å²) in [5.74, 6) is 0. The first-order valence-electron chi connectivity index (χ1n) is 9.13. The maximum Gasteiger partial charge on any atom is 0.0633 e. The van der Waals surface area contributed by atoms with Gasteiger partial charge in [0.2, 0.25) is 0 Å². The van der Waals surface area contributed by atoms with Crippen LogP contribution >= 0.6 is 0 Å². The van der Waals surface area contributed by atoms with E-state index in [0.29, 0.717) is 5.41 Å². The molecule has 0 bridgehead atoms. The van der Waals surface area contributed by atoms with Gasteiger partial charge in [0.25, 0.3) is 0 Å². The largest absolute Gasteiger partial charge is 0.384 e. The number of nitrogens with one attached hydrogen (secondary N) is 1. The fourth-order valence-corrected chi connectivity index (χ4v) is 4.30. The Morgan fingerprint density at radius 3 is 2.48 bits per heavy atom. The number of aryl methyl sites for hydroxylation is 1. The Hall–Kier alpha value is -1.06. The molecule has 2 fully saturated rings. The number of ether oxygens (including phenoxy) is 1. The molecule has 0 saturated carbocycles. The van der Waals surface area contributed by atoms with Crippen molar-refractivity contribution in [1.29, 1.82) is 0 Å². The minimum absolute atomic E-state index is 0.00701. The Labute approximate surface area is 141 Å². The zero-order valence-electron chi connectivity index (χ0n) is 15.0. The van der Waals surface area contributed by atoms with E-state index in [0.717, 1.165) is 26.0 Å². The van der Waals surface area contributed by atoms with Crippen LogP contribution in [0.5, 0.6) is 0 Å². The number of rotatable bonds is 5. The lowest BCUT2D eigenvalue weighted by atomic mass is 9.73. The number of likely N-dealkylation sites (tertiary alicyclic amines) is 1. The molecule has 1 aromatic rings. The highest BCUT2D eigenvalue weighted by Gasteiger charge is 2.42. The maximum atomic E-state index is 6.01. The van der Waals surface area contributed by atoms with Crippen LogP contribution in [0.3, 0.4) is 0 Å². The van der Waals surface area contributed by atoms with E-state index in [1.807, 2.05) is 0 Å².